The van der Waals surface area contributed by atoms with Gasteiger partial charge < -0.3 is 25.8 Å². The van der Waals surface area contributed by atoms with Gasteiger partial charge in [-0.05, 0) is 19.1 Å². The number of amides is 1. The minimum Gasteiger partial charge on any atom is -0.493 e. The van der Waals surface area contributed by atoms with E-state index < -0.39 is 0 Å². The standard InChI is InChI=1S/C14H21N3O3/c1-2-19-13-7-10(15)3-4-12(13)14(18)17-9-11-8-16-5-6-20-11/h3-4,7,11,16H,2,5-6,8-9,15H2,1H3,(H,17,18). The third-order valence-electron chi connectivity index (χ3n) is 3.04. The molecule has 4 N–H and O–H groups in total. The van der Waals surface area contributed by atoms with Crippen LogP contribution in [0.15, 0.2) is 18.2 Å². The fourth-order valence-electron chi connectivity index (χ4n) is 2.05. The Morgan fingerprint density at radius 2 is 2.45 bits per heavy atom. The zero-order valence-electron chi connectivity index (χ0n) is 11.6. The summed E-state index contributed by atoms with van der Waals surface area (Å²) >= 11 is 0. The first-order chi connectivity index (χ1) is 9.70. The van der Waals surface area contributed by atoms with Crippen molar-refractivity contribution < 1.29 is 14.3 Å². The van der Waals surface area contributed by atoms with E-state index in [1.807, 2.05) is 6.92 Å². The first kappa shape index (κ1) is 14.6. The Hall–Kier alpha value is -1.79. The number of hydrogen-bond acceptors (Lipinski definition) is 5. The molecule has 0 radical (unpaired) electrons. The van der Waals surface area contributed by atoms with E-state index in [2.05, 4.69) is 10.6 Å². The molecule has 0 saturated carbocycles. The van der Waals surface area contributed by atoms with Crippen LogP contribution in [0.4, 0.5) is 5.69 Å². The summed E-state index contributed by atoms with van der Waals surface area (Å²) in [5, 5.41) is 6.08. The Morgan fingerprint density at radius 1 is 1.60 bits per heavy atom. The van der Waals surface area contributed by atoms with Crippen LogP contribution in [-0.4, -0.2) is 44.9 Å². The Balaban J connectivity index is 1.97. The minimum absolute atomic E-state index is 0.0111. The molecule has 0 aliphatic carbocycles. The largest absolute Gasteiger partial charge is 0.493 e. The van der Waals surface area contributed by atoms with Crippen LogP contribution in [0.1, 0.15) is 17.3 Å². The van der Waals surface area contributed by atoms with Crippen LogP contribution in [0.3, 0.4) is 0 Å². The van der Waals surface area contributed by atoms with Crippen LogP contribution in [0.5, 0.6) is 5.75 Å². The summed E-state index contributed by atoms with van der Waals surface area (Å²) in [4.78, 5) is 12.2. The molecular weight excluding hydrogens is 258 g/mol. The number of nitrogen functional groups attached to an aromatic ring is 1. The summed E-state index contributed by atoms with van der Waals surface area (Å²) in [5.41, 5.74) is 6.77. The average molecular weight is 279 g/mol. The summed E-state index contributed by atoms with van der Waals surface area (Å²) in [5.74, 6) is 0.329. The lowest BCUT2D eigenvalue weighted by Crippen LogP contribution is -2.45. The molecule has 6 nitrogen and oxygen atoms in total. The van der Waals surface area contributed by atoms with Crippen molar-refractivity contribution in [1.82, 2.24) is 10.6 Å². The topological polar surface area (TPSA) is 85.6 Å². The molecule has 1 aliphatic heterocycles. The van der Waals surface area contributed by atoms with Gasteiger partial charge in [-0.25, -0.2) is 0 Å². The van der Waals surface area contributed by atoms with Gasteiger partial charge in [-0.15, -0.1) is 0 Å². The summed E-state index contributed by atoms with van der Waals surface area (Å²) in [7, 11) is 0. The van der Waals surface area contributed by atoms with Crippen molar-refractivity contribution in [2.24, 2.45) is 0 Å². The van der Waals surface area contributed by atoms with Gasteiger partial charge in [0.15, 0.2) is 0 Å². The quantitative estimate of drug-likeness (QED) is 0.679. The Labute approximate surface area is 118 Å². The van der Waals surface area contributed by atoms with Gasteiger partial charge in [0.2, 0.25) is 0 Å². The number of hydrogen-bond donors (Lipinski definition) is 3. The fraction of sp³-hybridized carbons (Fsp3) is 0.500. The minimum atomic E-state index is -0.178. The van der Waals surface area contributed by atoms with Gasteiger partial charge in [-0.3, -0.25) is 4.79 Å². The molecule has 1 aliphatic rings. The third kappa shape index (κ3) is 3.85. The molecular formula is C14H21N3O3. The number of morpholine rings is 1. The highest BCUT2D eigenvalue weighted by molar-refractivity contribution is 5.97. The lowest BCUT2D eigenvalue weighted by Gasteiger charge is -2.23. The number of carbonyl (C=O) groups is 1. The van der Waals surface area contributed by atoms with E-state index in [1.54, 1.807) is 18.2 Å². The molecule has 1 unspecified atom stereocenters. The first-order valence-corrected chi connectivity index (χ1v) is 6.83. The van der Waals surface area contributed by atoms with Crippen molar-refractivity contribution in [1.29, 1.82) is 0 Å². The Morgan fingerprint density at radius 3 is 3.15 bits per heavy atom. The van der Waals surface area contributed by atoms with Crippen molar-refractivity contribution in [2.75, 3.05) is 38.6 Å². The zero-order valence-corrected chi connectivity index (χ0v) is 11.6. The number of rotatable bonds is 5. The summed E-state index contributed by atoms with van der Waals surface area (Å²) in [6, 6.07) is 5.03. The third-order valence-corrected chi connectivity index (χ3v) is 3.04. The average Bonchev–Trinajstić information content (AvgIpc) is 2.46. The number of nitrogens with two attached hydrogens (primary N) is 1. The van der Waals surface area contributed by atoms with E-state index in [-0.39, 0.29) is 12.0 Å². The maximum Gasteiger partial charge on any atom is 0.255 e. The van der Waals surface area contributed by atoms with Gasteiger partial charge >= 0.3 is 0 Å². The highest BCUT2D eigenvalue weighted by atomic mass is 16.5. The van der Waals surface area contributed by atoms with Gasteiger partial charge in [0, 0.05) is 31.4 Å². The van der Waals surface area contributed by atoms with Crippen molar-refractivity contribution in [3.05, 3.63) is 23.8 Å². The summed E-state index contributed by atoms with van der Waals surface area (Å²) < 4.78 is 11.0. The van der Waals surface area contributed by atoms with E-state index in [4.69, 9.17) is 15.2 Å². The molecule has 1 amide bonds. The number of carbonyl (C=O) groups excluding carboxylic acids is 1. The Kier molecular flexibility index (Phi) is 5.20. The lowest BCUT2D eigenvalue weighted by atomic mass is 10.1. The molecule has 20 heavy (non-hydrogen) atoms. The van der Waals surface area contributed by atoms with E-state index in [9.17, 15) is 4.79 Å². The summed E-state index contributed by atoms with van der Waals surface area (Å²) in [6.07, 6.45) is 0.0111. The van der Waals surface area contributed by atoms with Crippen molar-refractivity contribution >= 4 is 11.6 Å². The molecule has 1 aromatic carbocycles. The van der Waals surface area contributed by atoms with Crippen LogP contribution in [0, 0.1) is 0 Å². The second-order valence-electron chi connectivity index (χ2n) is 4.60. The van der Waals surface area contributed by atoms with Crippen LogP contribution in [0.2, 0.25) is 0 Å². The highest BCUT2D eigenvalue weighted by Crippen LogP contribution is 2.21. The number of anilines is 1. The van der Waals surface area contributed by atoms with Gasteiger partial charge in [-0.2, -0.15) is 0 Å². The molecule has 6 heteroatoms. The van der Waals surface area contributed by atoms with Crippen molar-refractivity contribution in [2.45, 2.75) is 13.0 Å². The molecule has 1 aromatic rings. The second kappa shape index (κ2) is 7.12. The van der Waals surface area contributed by atoms with Crippen molar-refractivity contribution in [3.8, 4) is 5.75 Å². The van der Waals surface area contributed by atoms with Gasteiger partial charge in [-0.1, -0.05) is 0 Å². The van der Waals surface area contributed by atoms with E-state index in [0.717, 1.165) is 13.1 Å². The molecule has 0 bridgehead atoms. The molecule has 1 heterocycles. The van der Waals surface area contributed by atoms with Gasteiger partial charge in [0.1, 0.15) is 5.75 Å². The maximum atomic E-state index is 12.2. The van der Waals surface area contributed by atoms with Gasteiger partial charge in [0.25, 0.3) is 5.91 Å². The molecule has 1 saturated heterocycles. The zero-order chi connectivity index (χ0) is 14.4. The van der Waals surface area contributed by atoms with E-state index >= 15 is 0 Å². The Bertz CT molecular complexity index is 459. The van der Waals surface area contributed by atoms with Crippen LogP contribution in [0.25, 0.3) is 0 Å². The summed E-state index contributed by atoms with van der Waals surface area (Å²) in [6.45, 7) is 5.11. The first-order valence-electron chi connectivity index (χ1n) is 6.83. The molecule has 0 spiro atoms. The molecule has 1 atom stereocenters. The molecule has 0 aromatic heterocycles. The molecule has 2 rings (SSSR count). The normalized spacial score (nSPS) is 18.6. The fourth-order valence-corrected chi connectivity index (χ4v) is 2.05. The van der Waals surface area contributed by atoms with Gasteiger partial charge in [0.05, 0.1) is 24.9 Å². The number of nitrogens with one attached hydrogen (secondary N) is 2. The molecule has 110 valence electrons. The van der Waals surface area contributed by atoms with E-state index in [1.165, 1.54) is 0 Å². The maximum absolute atomic E-state index is 12.2. The van der Waals surface area contributed by atoms with E-state index in [0.29, 0.717) is 36.8 Å². The predicted octanol–water partition coefficient (Wildman–Crippen LogP) is 0.386. The SMILES string of the molecule is CCOc1cc(N)ccc1C(=O)NCC1CNCCO1. The predicted molar refractivity (Wildman–Crippen MR) is 77.0 cm³/mol. The second-order valence-corrected chi connectivity index (χ2v) is 4.60. The smallest absolute Gasteiger partial charge is 0.255 e. The van der Waals surface area contributed by atoms with Crippen LogP contribution >= 0.6 is 0 Å². The highest BCUT2D eigenvalue weighted by Gasteiger charge is 2.17. The monoisotopic (exact) mass is 279 g/mol. The molecule has 1 fully saturated rings. The van der Waals surface area contributed by atoms with Crippen LogP contribution < -0.4 is 21.1 Å². The lowest BCUT2D eigenvalue weighted by molar-refractivity contribution is 0.0287. The number of ether oxygens (including phenoxy) is 2. The van der Waals surface area contributed by atoms with Crippen molar-refractivity contribution in [3.63, 3.8) is 0 Å². The van der Waals surface area contributed by atoms with Crippen LogP contribution in [-0.2, 0) is 4.74 Å². The number of benzene rings is 1.